The van der Waals surface area contributed by atoms with Crippen LogP contribution in [0.4, 0.5) is 11.4 Å². The maximum atomic E-state index is 3.61. The normalized spacial score (nSPS) is 16.0. The highest BCUT2D eigenvalue weighted by molar-refractivity contribution is 5.59. The average molecular weight is 280 g/mol. The van der Waals surface area contributed by atoms with Crippen molar-refractivity contribution in [1.82, 2.24) is 0 Å². The predicted octanol–water partition coefficient (Wildman–Crippen LogP) is 4.77. The van der Waals surface area contributed by atoms with Gasteiger partial charge in [0.05, 0.1) is 0 Å². The lowest BCUT2D eigenvalue weighted by atomic mass is 10.1. The Morgan fingerprint density at radius 2 is 1.71 bits per heavy atom. The van der Waals surface area contributed by atoms with Crippen molar-refractivity contribution in [3.63, 3.8) is 0 Å². The molecule has 0 radical (unpaired) electrons. The van der Waals surface area contributed by atoms with E-state index < -0.39 is 0 Å². The van der Waals surface area contributed by atoms with Crippen molar-refractivity contribution in [3.8, 4) is 0 Å². The van der Waals surface area contributed by atoms with Crippen LogP contribution in [-0.2, 0) is 0 Å². The number of hydrogen-bond acceptors (Lipinski definition) is 2. The highest BCUT2D eigenvalue weighted by Crippen LogP contribution is 2.26. The molecule has 1 heterocycles. The first-order valence-corrected chi connectivity index (χ1v) is 7.90. The second-order valence-corrected chi connectivity index (χ2v) is 6.02. The van der Waals surface area contributed by atoms with E-state index in [1.807, 2.05) is 0 Å². The zero-order valence-corrected chi connectivity index (χ0v) is 13.0. The van der Waals surface area contributed by atoms with Crippen molar-refractivity contribution < 1.29 is 0 Å². The monoisotopic (exact) mass is 280 g/mol. The maximum Gasteiger partial charge on any atom is 0.0485 e. The molecule has 0 saturated carbocycles. The van der Waals surface area contributed by atoms with E-state index in [-0.39, 0.29) is 0 Å². The summed E-state index contributed by atoms with van der Waals surface area (Å²) in [5.41, 5.74) is 5.18. The fraction of sp³-hybridized carbons (Fsp3) is 0.368. The van der Waals surface area contributed by atoms with Crippen LogP contribution < -0.4 is 10.2 Å². The fourth-order valence-electron chi connectivity index (χ4n) is 2.96. The third kappa shape index (κ3) is 3.38. The molecule has 21 heavy (non-hydrogen) atoms. The number of hydrogen-bond donors (Lipinski definition) is 1. The minimum Gasteiger partial charge on any atom is -0.378 e. The van der Waals surface area contributed by atoms with Crippen molar-refractivity contribution in [1.29, 1.82) is 0 Å². The quantitative estimate of drug-likeness (QED) is 0.868. The number of rotatable bonds is 4. The molecule has 0 bridgehead atoms. The van der Waals surface area contributed by atoms with E-state index in [1.54, 1.807) is 0 Å². The summed E-state index contributed by atoms with van der Waals surface area (Å²) >= 11 is 0. The Bertz CT molecular complexity index is 583. The Morgan fingerprint density at radius 1 is 1.00 bits per heavy atom. The van der Waals surface area contributed by atoms with Crippen LogP contribution in [0.3, 0.4) is 0 Å². The van der Waals surface area contributed by atoms with Gasteiger partial charge in [-0.2, -0.15) is 0 Å². The van der Waals surface area contributed by atoms with Crippen LogP contribution in [0.15, 0.2) is 48.5 Å². The van der Waals surface area contributed by atoms with Gasteiger partial charge in [0.2, 0.25) is 0 Å². The summed E-state index contributed by atoms with van der Waals surface area (Å²) in [6.07, 6.45) is 2.63. The molecule has 1 N–H and O–H groups in total. The lowest BCUT2D eigenvalue weighted by Gasteiger charge is -2.20. The molecule has 0 amide bonds. The van der Waals surface area contributed by atoms with Crippen molar-refractivity contribution in [3.05, 3.63) is 59.7 Å². The minimum atomic E-state index is 0.319. The molecule has 1 saturated heterocycles. The third-order valence-corrected chi connectivity index (χ3v) is 4.28. The number of anilines is 2. The molecule has 0 spiro atoms. The number of benzene rings is 2. The highest BCUT2D eigenvalue weighted by Gasteiger charge is 2.13. The zero-order chi connectivity index (χ0) is 14.7. The second kappa shape index (κ2) is 6.21. The first kappa shape index (κ1) is 14.0. The van der Waals surface area contributed by atoms with E-state index in [9.17, 15) is 0 Å². The van der Waals surface area contributed by atoms with E-state index in [4.69, 9.17) is 0 Å². The van der Waals surface area contributed by atoms with Gasteiger partial charge in [-0.15, -0.1) is 0 Å². The zero-order valence-electron chi connectivity index (χ0n) is 13.0. The van der Waals surface area contributed by atoms with E-state index in [0.29, 0.717) is 6.04 Å². The fourth-order valence-corrected chi connectivity index (χ4v) is 2.96. The first-order chi connectivity index (χ1) is 10.2. The number of nitrogens with one attached hydrogen (secondary N) is 1. The van der Waals surface area contributed by atoms with Gasteiger partial charge in [-0.1, -0.05) is 35.9 Å². The van der Waals surface area contributed by atoms with E-state index >= 15 is 0 Å². The molecule has 1 atom stereocenters. The summed E-state index contributed by atoms with van der Waals surface area (Å²) in [6.45, 7) is 6.72. The molecule has 1 aliphatic heterocycles. The molecule has 1 unspecified atom stereocenters. The van der Waals surface area contributed by atoms with Gasteiger partial charge in [-0.05, 0) is 50.5 Å². The number of nitrogens with zero attached hydrogens (tertiary/aromatic N) is 1. The molecule has 2 heteroatoms. The lowest BCUT2D eigenvalue weighted by molar-refractivity contribution is 0.883. The van der Waals surface area contributed by atoms with Gasteiger partial charge in [0.1, 0.15) is 0 Å². The van der Waals surface area contributed by atoms with Crippen molar-refractivity contribution >= 4 is 11.4 Å². The van der Waals surface area contributed by atoms with Crippen LogP contribution in [0.25, 0.3) is 0 Å². The van der Waals surface area contributed by atoms with Crippen molar-refractivity contribution in [2.75, 3.05) is 23.3 Å². The van der Waals surface area contributed by atoms with Crippen LogP contribution in [0.5, 0.6) is 0 Å². The van der Waals surface area contributed by atoms with Gasteiger partial charge in [0, 0.05) is 30.5 Å². The molecule has 0 aliphatic carbocycles. The van der Waals surface area contributed by atoms with Crippen molar-refractivity contribution in [2.24, 2.45) is 0 Å². The Labute approximate surface area is 127 Å². The molecule has 1 fully saturated rings. The molecule has 2 nitrogen and oxygen atoms in total. The molecule has 110 valence electrons. The minimum absolute atomic E-state index is 0.319. The summed E-state index contributed by atoms with van der Waals surface area (Å²) in [5.74, 6) is 0. The van der Waals surface area contributed by atoms with Crippen LogP contribution in [0, 0.1) is 6.92 Å². The van der Waals surface area contributed by atoms with Gasteiger partial charge in [-0.25, -0.2) is 0 Å². The average Bonchev–Trinajstić information content (AvgIpc) is 3.02. The van der Waals surface area contributed by atoms with Gasteiger partial charge in [0.25, 0.3) is 0 Å². The standard InChI is InChI=1S/C19H24N2/c1-15-8-10-17(11-9-15)16(2)20-18-6-5-7-19(14-18)21-12-3-4-13-21/h5-11,14,16,20H,3-4,12-13H2,1-2H3. The Balaban J connectivity index is 1.72. The van der Waals surface area contributed by atoms with E-state index in [0.717, 1.165) is 0 Å². The van der Waals surface area contributed by atoms with Gasteiger partial charge >= 0.3 is 0 Å². The summed E-state index contributed by atoms with van der Waals surface area (Å²) in [7, 11) is 0. The molecule has 2 aromatic rings. The SMILES string of the molecule is Cc1ccc(C(C)Nc2cccc(N3CCCC3)c2)cc1. The van der Waals surface area contributed by atoms with Crippen molar-refractivity contribution in [2.45, 2.75) is 32.7 Å². The molecule has 3 rings (SSSR count). The van der Waals surface area contributed by atoms with Crippen LogP contribution in [0.2, 0.25) is 0 Å². The molecule has 2 aromatic carbocycles. The highest BCUT2D eigenvalue weighted by atomic mass is 15.1. The van der Waals surface area contributed by atoms with Crippen LogP contribution in [-0.4, -0.2) is 13.1 Å². The summed E-state index contributed by atoms with van der Waals surface area (Å²) in [6, 6.07) is 17.9. The first-order valence-electron chi connectivity index (χ1n) is 7.90. The number of aryl methyl sites for hydroxylation is 1. The molecule has 1 aliphatic rings. The van der Waals surface area contributed by atoms with Gasteiger partial charge < -0.3 is 10.2 Å². The smallest absolute Gasteiger partial charge is 0.0485 e. The van der Waals surface area contributed by atoms with Crippen LogP contribution >= 0.6 is 0 Å². The summed E-state index contributed by atoms with van der Waals surface area (Å²) < 4.78 is 0. The van der Waals surface area contributed by atoms with E-state index in [2.05, 4.69) is 72.6 Å². The maximum absolute atomic E-state index is 3.61. The molecular formula is C19H24N2. The van der Waals surface area contributed by atoms with Crippen LogP contribution in [0.1, 0.15) is 36.9 Å². The van der Waals surface area contributed by atoms with E-state index in [1.165, 1.54) is 48.4 Å². The summed E-state index contributed by atoms with van der Waals surface area (Å²) in [4.78, 5) is 2.47. The van der Waals surface area contributed by atoms with Gasteiger partial charge in [0.15, 0.2) is 0 Å². The Hall–Kier alpha value is -1.96. The molecular weight excluding hydrogens is 256 g/mol. The Kier molecular flexibility index (Phi) is 4.14. The topological polar surface area (TPSA) is 15.3 Å². The lowest BCUT2D eigenvalue weighted by Crippen LogP contribution is -2.17. The third-order valence-electron chi connectivity index (χ3n) is 4.28. The molecule has 0 aromatic heterocycles. The van der Waals surface area contributed by atoms with Gasteiger partial charge in [-0.3, -0.25) is 0 Å². The Morgan fingerprint density at radius 3 is 2.43 bits per heavy atom. The second-order valence-electron chi connectivity index (χ2n) is 6.02. The summed E-state index contributed by atoms with van der Waals surface area (Å²) in [5, 5.41) is 3.61. The predicted molar refractivity (Wildman–Crippen MR) is 91.1 cm³/mol. The largest absolute Gasteiger partial charge is 0.378 e.